The van der Waals surface area contributed by atoms with E-state index in [9.17, 15) is 4.79 Å². The van der Waals surface area contributed by atoms with Gasteiger partial charge in [0.2, 0.25) is 0 Å². The lowest BCUT2D eigenvalue weighted by Gasteiger charge is -2.04. The van der Waals surface area contributed by atoms with Gasteiger partial charge in [-0.3, -0.25) is 14.9 Å². The maximum atomic E-state index is 13.2. The predicted molar refractivity (Wildman–Crippen MR) is 112 cm³/mol. The first-order valence-corrected chi connectivity index (χ1v) is 9.21. The molecule has 2 aromatic carbocycles. The van der Waals surface area contributed by atoms with Gasteiger partial charge in [-0.25, -0.2) is 4.68 Å². The Kier molecular flexibility index (Phi) is 6.45. The topological polar surface area (TPSA) is 68.6 Å². The number of aromatic amines is 1. The fourth-order valence-corrected chi connectivity index (χ4v) is 3.03. The molecular weight excluding hydrogens is 354 g/mol. The van der Waals surface area contributed by atoms with Crippen molar-refractivity contribution in [2.75, 3.05) is 27.4 Å². The highest BCUT2D eigenvalue weighted by Crippen LogP contribution is 2.22. The van der Waals surface area contributed by atoms with Gasteiger partial charge in [-0.1, -0.05) is 30.3 Å². The van der Waals surface area contributed by atoms with Crippen LogP contribution in [0.5, 0.6) is 5.75 Å². The number of rotatable bonds is 8. The number of hydrogen-bond donors (Lipinski definition) is 1. The lowest BCUT2D eigenvalue weighted by atomic mass is 10.1. The van der Waals surface area contributed by atoms with Gasteiger partial charge < -0.3 is 9.47 Å². The summed E-state index contributed by atoms with van der Waals surface area (Å²) in [5.41, 5.74) is 3.60. The van der Waals surface area contributed by atoms with Crippen LogP contribution in [0.3, 0.4) is 0 Å². The van der Waals surface area contributed by atoms with Gasteiger partial charge in [0.15, 0.2) is 0 Å². The molecule has 0 aliphatic rings. The maximum Gasteiger partial charge on any atom is 0.280 e. The van der Waals surface area contributed by atoms with E-state index >= 15 is 0 Å². The fourth-order valence-electron chi connectivity index (χ4n) is 3.03. The Morgan fingerprint density at radius 2 is 1.79 bits per heavy atom. The summed E-state index contributed by atoms with van der Waals surface area (Å²) in [4.78, 5) is 17.8. The van der Waals surface area contributed by atoms with E-state index in [2.05, 4.69) is 10.1 Å². The molecule has 146 valence electrons. The van der Waals surface area contributed by atoms with E-state index in [0.717, 1.165) is 29.1 Å². The zero-order valence-corrected chi connectivity index (χ0v) is 16.4. The lowest BCUT2D eigenvalue weighted by Crippen LogP contribution is -2.19. The molecule has 0 aliphatic carbocycles. The van der Waals surface area contributed by atoms with Crippen LogP contribution in [0.25, 0.3) is 16.9 Å². The molecular formula is C22H25N3O3. The summed E-state index contributed by atoms with van der Waals surface area (Å²) >= 11 is 0. The minimum absolute atomic E-state index is 0.128. The number of aliphatic imine (C=N–C) groups is 1. The molecule has 0 spiro atoms. The number of aromatic nitrogens is 2. The van der Waals surface area contributed by atoms with Gasteiger partial charge in [0.05, 0.1) is 24.1 Å². The molecule has 0 atom stereocenters. The van der Waals surface area contributed by atoms with Crippen molar-refractivity contribution < 1.29 is 9.47 Å². The van der Waals surface area contributed by atoms with Gasteiger partial charge in [-0.05, 0) is 37.6 Å². The molecule has 0 radical (unpaired) electrons. The molecule has 1 N–H and O–H groups in total. The number of ether oxygens (including phenoxy) is 2. The first kappa shape index (κ1) is 19.6. The van der Waals surface area contributed by atoms with Crippen LogP contribution in [0.2, 0.25) is 0 Å². The Balaban J connectivity index is 2.08. The first-order chi connectivity index (χ1) is 13.7. The molecule has 0 amide bonds. The number of benzene rings is 2. The average Bonchev–Trinajstić information content (AvgIpc) is 3.09. The second-order valence-corrected chi connectivity index (χ2v) is 6.38. The Morgan fingerprint density at radius 1 is 1.07 bits per heavy atom. The summed E-state index contributed by atoms with van der Waals surface area (Å²) < 4.78 is 11.8. The Hall–Kier alpha value is -3.12. The van der Waals surface area contributed by atoms with Gasteiger partial charge >= 0.3 is 0 Å². The molecule has 0 unspecified atom stereocenters. The van der Waals surface area contributed by atoms with Crippen molar-refractivity contribution in [1.29, 1.82) is 0 Å². The van der Waals surface area contributed by atoms with Crippen LogP contribution in [-0.4, -0.2) is 42.9 Å². The molecule has 6 nitrogen and oxygen atoms in total. The van der Waals surface area contributed by atoms with Crippen LogP contribution in [0.15, 0.2) is 64.4 Å². The largest absolute Gasteiger partial charge is 0.497 e. The third-order valence-electron chi connectivity index (χ3n) is 4.50. The number of nitrogens with zero attached hydrogens (tertiary/aromatic N) is 2. The summed E-state index contributed by atoms with van der Waals surface area (Å²) in [5, 5.41) is 3.26. The van der Waals surface area contributed by atoms with E-state index in [0.29, 0.717) is 24.4 Å². The highest BCUT2D eigenvalue weighted by molar-refractivity contribution is 6.03. The third kappa shape index (κ3) is 4.23. The van der Waals surface area contributed by atoms with Crippen molar-refractivity contribution >= 4 is 5.71 Å². The molecule has 6 heteroatoms. The zero-order chi connectivity index (χ0) is 19.9. The smallest absolute Gasteiger partial charge is 0.280 e. The number of H-pyrrole nitrogens is 1. The molecule has 0 bridgehead atoms. The molecule has 1 aromatic heterocycles. The second kappa shape index (κ2) is 9.19. The monoisotopic (exact) mass is 379 g/mol. The quantitative estimate of drug-likeness (QED) is 0.479. The normalized spacial score (nSPS) is 11.6. The van der Waals surface area contributed by atoms with Crippen LogP contribution >= 0.6 is 0 Å². The number of hydrogen-bond acceptors (Lipinski definition) is 4. The van der Waals surface area contributed by atoms with Crippen LogP contribution in [0.1, 0.15) is 18.9 Å². The summed E-state index contributed by atoms with van der Waals surface area (Å²) in [6.07, 6.45) is 0.811. The highest BCUT2D eigenvalue weighted by atomic mass is 16.5. The molecule has 3 aromatic rings. The van der Waals surface area contributed by atoms with Crippen molar-refractivity contribution in [3.63, 3.8) is 0 Å². The van der Waals surface area contributed by atoms with Crippen molar-refractivity contribution in [2.24, 2.45) is 4.99 Å². The number of methoxy groups -OCH3 is 2. The summed E-state index contributed by atoms with van der Waals surface area (Å²) in [5.74, 6) is 0.739. The van der Waals surface area contributed by atoms with Crippen molar-refractivity contribution in [3.05, 3.63) is 70.5 Å². The molecule has 0 saturated carbocycles. The van der Waals surface area contributed by atoms with Crippen LogP contribution < -0.4 is 10.3 Å². The minimum Gasteiger partial charge on any atom is -0.497 e. The van der Waals surface area contributed by atoms with E-state index in [1.807, 2.05) is 61.5 Å². The summed E-state index contributed by atoms with van der Waals surface area (Å²) in [7, 11) is 3.29. The van der Waals surface area contributed by atoms with Crippen LogP contribution in [0.4, 0.5) is 0 Å². The van der Waals surface area contributed by atoms with Crippen molar-refractivity contribution in [1.82, 2.24) is 9.78 Å². The maximum absolute atomic E-state index is 13.2. The zero-order valence-electron chi connectivity index (χ0n) is 16.4. The Morgan fingerprint density at radius 3 is 2.43 bits per heavy atom. The lowest BCUT2D eigenvalue weighted by molar-refractivity contribution is 0.197. The molecule has 0 saturated heterocycles. The summed E-state index contributed by atoms with van der Waals surface area (Å²) in [6, 6.07) is 17.2. The van der Waals surface area contributed by atoms with E-state index in [4.69, 9.17) is 9.47 Å². The first-order valence-electron chi connectivity index (χ1n) is 9.21. The van der Waals surface area contributed by atoms with Crippen molar-refractivity contribution in [3.8, 4) is 22.7 Å². The predicted octanol–water partition coefficient (Wildman–Crippen LogP) is 3.69. The van der Waals surface area contributed by atoms with E-state index < -0.39 is 0 Å². The van der Waals surface area contributed by atoms with E-state index in [1.165, 1.54) is 0 Å². The molecule has 28 heavy (non-hydrogen) atoms. The summed E-state index contributed by atoms with van der Waals surface area (Å²) in [6.45, 7) is 3.13. The standard InChI is InChI=1S/C22H25N3O3/c1-16(23-14-7-15-27-2)20-21(17-8-5-4-6-9-17)24-25(22(20)26)18-10-12-19(28-3)13-11-18/h4-6,8-13,24H,7,14-15H2,1-3H3. The Bertz CT molecular complexity index is 986. The van der Waals surface area contributed by atoms with Gasteiger partial charge in [0.1, 0.15) is 5.75 Å². The van der Waals surface area contributed by atoms with Gasteiger partial charge in [0.25, 0.3) is 5.56 Å². The fraction of sp³-hybridized carbons (Fsp3) is 0.273. The Labute approximate surface area is 164 Å². The van der Waals surface area contributed by atoms with E-state index in [-0.39, 0.29) is 5.56 Å². The minimum atomic E-state index is -0.128. The second-order valence-electron chi connectivity index (χ2n) is 6.38. The third-order valence-corrected chi connectivity index (χ3v) is 4.50. The van der Waals surface area contributed by atoms with Crippen molar-refractivity contribution in [2.45, 2.75) is 13.3 Å². The molecule has 3 rings (SSSR count). The number of nitrogens with one attached hydrogen (secondary N) is 1. The SMILES string of the molecule is COCCCN=C(C)c1c(-c2ccccc2)[nH]n(-c2ccc(OC)cc2)c1=O. The van der Waals surface area contributed by atoms with Gasteiger partial charge in [-0.2, -0.15) is 0 Å². The molecule has 0 fully saturated rings. The molecule has 1 heterocycles. The average molecular weight is 379 g/mol. The van der Waals surface area contributed by atoms with Gasteiger partial charge in [-0.15, -0.1) is 0 Å². The van der Waals surface area contributed by atoms with Crippen LogP contribution in [-0.2, 0) is 4.74 Å². The van der Waals surface area contributed by atoms with Gasteiger partial charge in [0, 0.05) is 31.5 Å². The highest BCUT2D eigenvalue weighted by Gasteiger charge is 2.19. The molecule has 0 aliphatic heterocycles. The van der Waals surface area contributed by atoms with E-state index in [1.54, 1.807) is 18.9 Å². The van der Waals surface area contributed by atoms with Crippen LogP contribution in [0, 0.1) is 0 Å².